The number of morpholine rings is 1. The summed E-state index contributed by atoms with van der Waals surface area (Å²) in [4.78, 5) is 9.87. The molecule has 3 fully saturated rings. The fourth-order valence-electron chi connectivity index (χ4n) is 4.78. The third-order valence-electron chi connectivity index (χ3n) is 6.73. The minimum atomic E-state index is -0.152. The van der Waals surface area contributed by atoms with Crippen LogP contribution in [0.15, 0.2) is 35.3 Å². The number of hydrogen-bond acceptors (Lipinski definition) is 5. The van der Waals surface area contributed by atoms with E-state index in [4.69, 9.17) is 14.5 Å². The van der Waals surface area contributed by atoms with Crippen LogP contribution in [0.1, 0.15) is 25.3 Å². The second kappa shape index (κ2) is 11.8. The first kappa shape index (κ1) is 24.7. The van der Waals surface area contributed by atoms with Gasteiger partial charge in [-0.1, -0.05) is 30.3 Å². The summed E-state index contributed by atoms with van der Waals surface area (Å²) < 4.78 is 11.6. The first-order chi connectivity index (χ1) is 14.7. The number of fused-ring (bicyclic) bond motifs is 1. The number of ether oxygens (including phenoxy) is 2. The van der Waals surface area contributed by atoms with Crippen LogP contribution in [-0.2, 0) is 16.0 Å². The zero-order valence-corrected chi connectivity index (χ0v) is 20.9. The Morgan fingerprint density at radius 3 is 2.68 bits per heavy atom. The topological polar surface area (TPSA) is 69.6 Å². The summed E-state index contributed by atoms with van der Waals surface area (Å²) in [7, 11) is 0. The van der Waals surface area contributed by atoms with Crippen LogP contribution in [0.5, 0.6) is 0 Å². The van der Waals surface area contributed by atoms with Crippen molar-refractivity contribution in [3.63, 3.8) is 0 Å². The predicted octanol–water partition coefficient (Wildman–Crippen LogP) is 1.94. The Bertz CT molecular complexity index is 699. The lowest BCUT2D eigenvalue weighted by Crippen LogP contribution is -2.50. The molecule has 3 aliphatic heterocycles. The van der Waals surface area contributed by atoms with Gasteiger partial charge in [-0.15, -0.1) is 24.0 Å². The zero-order valence-electron chi connectivity index (χ0n) is 18.5. The number of hydrogen-bond donors (Lipinski definition) is 2. The van der Waals surface area contributed by atoms with Gasteiger partial charge < -0.3 is 24.8 Å². The van der Waals surface area contributed by atoms with Crippen LogP contribution < -0.4 is 5.32 Å². The number of benzene rings is 1. The highest BCUT2D eigenvalue weighted by molar-refractivity contribution is 14.0. The minimum absolute atomic E-state index is 0. The SMILES string of the molecule is CCNC(=NCC1(CO)CCOCC1)N1CC2OCCN(Cc3ccccc3)C2C1.I. The number of halogens is 1. The zero-order chi connectivity index (χ0) is 20.8. The first-order valence-corrected chi connectivity index (χ1v) is 11.3. The summed E-state index contributed by atoms with van der Waals surface area (Å²) in [6.07, 6.45) is 1.94. The van der Waals surface area contributed by atoms with Crippen molar-refractivity contribution in [2.75, 3.05) is 59.2 Å². The van der Waals surface area contributed by atoms with Gasteiger partial charge in [-0.25, -0.2) is 0 Å². The third kappa shape index (κ3) is 6.10. The molecule has 0 saturated carbocycles. The van der Waals surface area contributed by atoms with E-state index in [2.05, 4.69) is 52.4 Å². The molecular formula is C23H37IN4O3. The van der Waals surface area contributed by atoms with Crippen LogP contribution >= 0.6 is 24.0 Å². The highest BCUT2D eigenvalue weighted by atomic mass is 127. The summed E-state index contributed by atoms with van der Waals surface area (Å²) >= 11 is 0. The molecule has 1 aromatic carbocycles. The normalized spacial score (nSPS) is 26.3. The largest absolute Gasteiger partial charge is 0.396 e. The fraction of sp³-hybridized carbons (Fsp3) is 0.696. The molecule has 0 bridgehead atoms. The van der Waals surface area contributed by atoms with Gasteiger partial charge in [0.25, 0.3) is 0 Å². The number of nitrogens with one attached hydrogen (secondary N) is 1. The average Bonchev–Trinajstić information content (AvgIpc) is 3.23. The van der Waals surface area contributed by atoms with Gasteiger partial charge in [-0.05, 0) is 25.3 Å². The van der Waals surface area contributed by atoms with E-state index in [0.29, 0.717) is 25.8 Å². The predicted molar refractivity (Wildman–Crippen MR) is 133 cm³/mol. The van der Waals surface area contributed by atoms with E-state index >= 15 is 0 Å². The van der Waals surface area contributed by atoms with Crippen LogP contribution in [0.25, 0.3) is 0 Å². The molecule has 0 amide bonds. The molecule has 2 unspecified atom stereocenters. The van der Waals surface area contributed by atoms with Crippen LogP contribution in [0.3, 0.4) is 0 Å². The number of guanidine groups is 1. The number of aliphatic hydroxyl groups excluding tert-OH is 1. The lowest BCUT2D eigenvalue weighted by molar-refractivity contribution is -0.0502. The number of nitrogens with zero attached hydrogens (tertiary/aromatic N) is 3. The number of aliphatic hydroxyl groups is 1. The smallest absolute Gasteiger partial charge is 0.194 e. The summed E-state index contributed by atoms with van der Waals surface area (Å²) in [5.74, 6) is 0.939. The van der Waals surface area contributed by atoms with E-state index in [1.54, 1.807) is 0 Å². The standard InChI is InChI=1S/C23H36N4O3.HI/c1-2-24-22(25-17-23(18-28)8-11-29-12-9-23)27-15-20-21(16-27)30-13-10-26(20)14-19-6-4-3-5-7-19;/h3-7,20-21,28H,2,8-18H2,1H3,(H,24,25);1H. The molecule has 174 valence electrons. The monoisotopic (exact) mass is 544 g/mol. The third-order valence-corrected chi connectivity index (χ3v) is 6.73. The van der Waals surface area contributed by atoms with Crippen molar-refractivity contribution in [1.82, 2.24) is 15.1 Å². The lowest BCUT2D eigenvalue weighted by atomic mass is 9.81. The Morgan fingerprint density at radius 1 is 1.19 bits per heavy atom. The first-order valence-electron chi connectivity index (χ1n) is 11.3. The second-order valence-electron chi connectivity index (χ2n) is 8.78. The lowest BCUT2D eigenvalue weighted by Gasteiger charge is -2.36. The van der Waals surface area contributed by atoms with Crippen molar-refractivity contribution in [3.8, 4) is 0 Å². The van der Waals surface area contributed by atoms with E-state index in [0.717, 1.165) is 58.1 Å². The van der Waals surface area contributed by atoms with Gasteiger partial charge in [0, 0.05) is 51.4 Å². The number of rotatable bonds is 6. The molecule has 0 spiro atoms. The fourth-order valence-corrected chi connectivity index (χ4v) is 4.78. The van der Waals surface area contributed by atoms with E-state index in [9.17, 15) is 5.11 Å². The van der Waals surface area contributed by atoms with Gasteiger partial charge in [0.15, 0.2) is 5.96 Å². The van der Waals surface area contributed by atoms with Gasteiger partial charge in [0.1, 0.15) is 0 Å². The van der Waals surface area contributed by atoms with Crippen molar-refractivity contribution in [3.05, 3.63) is 35.9 Å². The molecule has 0 radical (unpaired) electrons. The highest BCUT2D eigenvalue weighted by Crippen LogP contribution is 2.31. The van der Waals surface area contributed by atoms with Crippen LogP contribution in [0, 0.1) is 5.41 Å². The Hall–Kier alpha value is -0.940. The summed E-state index contributed by atoms with van der Waals surface area (Å²) in [6.45, 7) is 9.63. The highest BCUT2D eigenvalue weighted by Gasteiger charge is 2.41. The molecule has 2 N–H and O–H groups in total. The second-order valence-corrected chi connectivity index (χ2v) is 8.78. The maximum absolute atomic E-state index is 10.0. The average molecular weight is 544 g/mol. The van der Waals surface area contributed by atoms with Gasteiger partial charge in [-0.3, -0.25) is 9.89 Å². The Morgan fingerprint density at radius 2 is 1.97 bits per heavy atom. The maximum atomic E-state index is 10.0. The molecule has 8 heteroatoms. The quantitative estimate of drug-likeness (QED) is 0.324. The van der Waals surface area contributed by atoms with Crippen molar-refractivity contribution < 1.29 is 14.6 Å². The molecule has 7 nitrogen and oxygen atoms in total. The van der Waals surface area contributed by atoms with Gasteiger partial charge in [0.05, 0.1) is 31.9 Å². The van der Waals surface area contributed by atoms with E-state index in [1.165, 1.54) is 5.56 Å². The Kier molecular flexibility index (Phi) is 9.39. The number of likely N-dealkylation sites (tertiary alicyclic amines) is 1. The molecule has 3 heterocycles. The Labute approximate surface area is 203 Å². The molecule has 3 saturated heterocycles. The Balaban J connectivity index is 0.00000272. The van der Waals surface area contributed by atoms with E-state index in [1.807, 2.05) is 0 Å². The molecule has 3 aliphatic rings. The van der Waals surface area contributed by atoms with Crippen molar-refractivity contribution in [1.29, 1.82) is 0 Å². The minimum Gasteiger partial charge on any atom is -0.396 e. The van der Waals surface area contributed by atoms with Crippen molar-refractivity contribution in [2.24, 2.45) is 10.4 Å². The molecule has 31 heavy (non-hydrogen) atoms. The molecule has 0 aromatic heterocycles. The van der Waals surface area contributed by atoms with Gasteiger partial charge >= 0.3 is 0 Å². The van der Waals surface area contributed by atoms with Crippen LogP contribution in [0.4, 0.5) is 0 Å². The number of aliphatic imine (C=N–C) groups is 1. The van der Waals surface area contributed by atoms with Crippen molar-refractivity contribution >= 4 is 29.9 Å². The molecule has 0 aliphatic carbocycles. The van der Waals surface area contributed by atoms with Crippen LogP contribution in [-0.4, -0.2) is 92.2 Å². The van der Waals surface area contributed by atoms with E-state index in [-0.39, 0.29) is 42.1 Å². The van der Waals surface area contributed by atoms with Gasteiger partial charge in [0.2, 0.25) is 0 Å². The van der Waals surface area contributed by atoms with Crippen molar-refractivity contribution in [2.45, 2.75) is 38.5 Å². The summed E-state index contributed by atoms with van der Waals surface area (Å²) in [5.41, 5.74) is 1.20. The van der Waals surface area contributed by atoms with Gasteiger partial charge in [-0.2, -0.15) is 0 Å². The van der Waals surface area contributed by atoms with Crippen LogP contribution in [0.2, 0.25) is 0 Å². The maximum Gasteiger partial charge on any atom is 0.194 e. The summed E-state index contributed by atoms with van der Waals surface area (Å²) in [6, 6.07) is 11.1. The summed E-state index contributed by atoms with van der Waals surface area (Å²) in [5, 5.41) is 13.5. The molecule has 1 aromatic rings. The van der Waals surface area contributed by atoms with E-state index < -0.39 is 0 Å². The molecule has 4 rings (SSSR count). The molecular weight excluding hydrogens is 507 g/mol. The molecule has 2 atom stereocenters.